The summed E-state index contributed by atoms with van der Waals surface area (Å²) in [4.78, 5) is 36.8. The molecule has 1 heterocycles. The number of hydrogen-bond donors (Lipinski definition) is 2. The molecule has 1 amide bonds. The van der Waals surface area contributed by atoms with Gasteiger partial charge < -0.3 is 10.3 Å². The molecule has 0 atom stereocenters. The van der Waals surface area contributed by atoms with Crippen LogP contribution in [0.4, 0.5) is 0 Å². The maximum Gasteiger partial charge on any atom is 0.328 e. The molecule has 0 aliphatic rings. The Labute approximate surface area is 106 Å². The topological polar surface area (TPSA) is 84.0 Å². The number of rotatable bonds is 4. The number of nitrogens with zero attached hydrogens (tertiary/aromatic N) is 1. The van der Waals surface area contributed by atoms with Gasteiger partial charge in [0.1, 0.15) is 6.54 Å². The Balaban J connectivity index is 2.82. The van der Waals surface area contributed by atoms with Gasteiger partial charge in [0.05, 0.1) is 4.47 Å². The van der Waals surface area contributed by atoms with Crippen molar-refractivity contribution >= 4 is 21.8 Å². The van der Waals surface area contributed by atoms with Crippen molar-refractivity contribution in [1.29, 1.82) is 0 Å². The molecule has 17 heavy (non-hydrogen) atoms. The molecule has 7 heteroatoms. The first-order valence-electron chi connectivity index (χ1n) is 5.16. The zero-order valence-electron chi connectivity index (χ0n) is 9.62. The molecular formula is C10H14BrN3O3. The summed E-state index contributed by atoms with van der Waals surface area (Å²) in [7, 11) is 0. The normalized spacial score (nSPS) is 10.6. The smallest absolute Gasteiger partial charge is 0.328 e. The third-order valence-corrected chi connectivity index (χ3v) is 2.59. The lowest BCUT2D eigenvalue weighted by atomic mass is 10.2. The molecule has 2 N–H and O–H groups in total. The Hall–Kier alpha value is -1.37. The van der Waals surface area contributed by atoms with Crippen LogP contribution in [-0.4, -0.2) is 22.0 Å². The predicted molar refractivity (Wildman–Crippen MR) is 66.9 cm³/mol. The number of carbonyl (C=O) groups is 1. The van der Waals surface area contributed by atoms with Gasteiger partial charge in [0.25, 0.3) is 5.56 Å². The molecule has 0 unspecified atom stereocenters. The van der Waals surface area contributed by atoms with Crippen molar-refractivity contribution in [3.8, 4) is 0 Å². The number of halogens is 1. The molecule has 0 saturated carbocycles. The zero-order valence-corrected chi connectivity index (χ0v) is 11.2. The molecule has 0 aromatic carbocycles. The van der Waals surface area contributed by atoms with E-state index < -0.39 is 11.2 Å². The predicted octanol–water partition coefficient (Wildman–Crippen LogP) is 0.0713. The number of aromatic nitrogens is 2. The van der Waals surface area contributed by atoms with Crippen molar-refractivity contribution in [2.24, 2.45) is 5.92 Å². The molecule has 1 aromatic rings. The van der Waals surface area contributed by atoms with Gasteiger partial charge in [0.15, 0.2) is 0 Å². The van der Waals surface area contributed by atoms with E-state index in [-0.39, 0.29) is 16.9 Å². The van der Waals surface area contributed by atoms with Gasteiger partial charge in [-0.2, -0.15) is 0 Å². The van der Waals surface area contributed by atoms with E-state index in [1.807, 2.05) is 13.8 Å². The van der Waals surface area contributed by atoms with Crippen LogP contribution >= 0.6 is 15.9 Å². The first-order valence-corrected chi connectivity index (χ1v) is 5.96. The first-order chi connectivity index (χ1) is 7.91. The summed E-state index contributed by atoms with van der Waals surface area (Å²) in [6, 6.07) is 0. The number of nitrogens with one attached hydrogen (secondary N) is 2. The summed E-state index contributed by atoms with van der Waals surface area (Å²) >= 11 is 3.00. The molecule has 1 rings (SSSR count). The standard InChI is InChI=1S/C10H14BrN3O3/c1-6(2)3-12-8(15)5-14-9(16)7(11)4-13-10(14)17/h4,6H,3,5H2,1-2H3,(H,12,15)(H,13,17). The summed E-state index contributed by atoms with van der Waals surface area (Å²) in [5.41, 5.74) is -1.12. The molecule has 0 aliphatic heterocycles. The lowest BCUT2D eigenvalue weighted by Crippen LogP contribution is -2.41. The third-order valence-electron chi connectivity index (χ3n) is 2.03. The van der Waals surface area contributed by atoms with E-state index in [4.69, 9.17) is 0 Å². The van der Waals surface area contributed by atoms with Gasteiger partial charge in [-0.1, -0.05) is 13.8 Å². The highest BCUT2D eigenvalue weighted by atomic mass is 79.9. The SMILES string of the molecule is CC(C)CNC(=O)Cn1c(=O)[nH]cc(Br)c1=O. The average Bonchev–Trinajstić information content (AvgIpc) is 2.27. The lowest BCUT2D eigenvalue weighted by Gasteiger charge is -2.08. The molecule has 0 bridgehead atoms. The Kier molecular flexibility index (Phi) is 4.68. The molecule has 94 valence electrons. The van der Waals surface area contributed by atoms with Gasteiger partial charge >= 0.3 is 5.69 Å². The van der Waals surface area contributed by atoms with Crippen molar-refractivity contribution < 1.29 is 4.79 Å². The van der Waals surface area contributed by atoms with Gasteiger partial charge in [-0.3, -0.25) is 9.59 Å². The van der Waals surface area contributed by atoms with E-state index in [9.17, 15) is 14.4 Å². The highest BCUT2D eigenvalue weighted by molar-refractivity contribution is 9.10. The minimum Gasteiger partial charge on any atom is -0.354 e. The van der Waals surface area contributed by atoms with Crippen molar-refractivity contribution in [1.82, 2.24) is 14.9 Å². The van der Waals surface area contributed by atoms with Crippen molar-refractivity contribution in [3.05, 3.63) is 31.5 Å². The number of H-pyrrole nitrogens is 1. The van der Waals surface area contributed by atoms with Crippen molar-refractivity contribution in [3.63, 3.8) is 0 Å². The molecule has 6 nitrogen and oxygen atoms in total. The average molecular weight is 304 g/mol. The van der Waals surface area contributed by atoms with Gasteiger partial charge in [-0.25, -0.2) is 9.36 Å². The fourth-order valence-corrected chi connectivity index (χ4v) is 1.48. The maximum absolute atomic E-state index is 11.6. The number of hydrogen-bond acceptors (Lipinski definition) is 3. The van der Waals surface area contributed by atoms with Crippen LogP contribution in [0.3, 0.4) is 0 Å². The largest absolute Gasteiger partial charge is 0.354 e. The first kappa shape index (κ1) is 13.7. The lowest BCUT2D eigenvalue weighted by molar-refractivity contribution is -0.121. The Morgan fingerprint density at radius 2 is 2.18 bits per heavy atom. The highest BCUT2D eigenvalue weighted by Crippen LogP contribution is 1.96. The van der Waals surface area contributed by atoms with Crippen LogP contribution in [0.2, 0.25) is 0 Å². The van der Waals surface area contributed by atoms with Gasteiger partial charge in [0, 0.05) is 12.7 Å². The molecule has 0 saturated heterocycles. The van der Waals surface area contributed by atoms with Crippen molar-refractivity contribution in [2.45, 2.75) is 20.4 Å². The molecule has 0 aliphatic carbocycles. The monoisotopic (exact) mass is 303 g/mol. The Morgan fingerprint density at radius 3 is 2.76 bits per heavy atom. The summed E-state index contributed by atoms with van der Waals surface area (Å²) in [6.45, 7) is 4.15. The fourth-order valence-electron chi connectivity index (χ4n) is 1.15. The summed E-state index contributed by atoms with van der Waals surface area (Å²) in [5, 5.41) is 2.64. The van der Waals surface area contributed by atoms with Gasteiger partial charge in [-0.05, 0) is 21.8 Å². The van der Waals surface area contributed by atoms with E-state index in [0.29, 0.717) is 12.5 Å². The third kappa shape index (κ3) is 3.85. The van der Waals surface area contributed by atoms with Crippen LogP contribution in [0.1, 0.15) is 13.8 Å². The molecule has 0 radical (unpaired) electrons. The van der Waals surface area contributed by atoms with E-state index >= 15 is 0 Å². The molecule has 0 spiro atoms. The quantitative estimate of drug-likeness (QED) is 0.826. The second-order valence-electron chi connectivity index (χ2n) is 4.03. The second kappa shape index (κ2) is 5.81. The van der Waals surface area contributed by atoms with Crippen LogP contribution in [0.15, 0.2) is 20.3 Å². The highest BCUT2D eigenvalue weighted by Gasteiger charge is 2.09. The Bertz CT molecular complexity index is 518. The van der Waals surface area contributed by atoms with E-state index in [2.05, 4.69) is 26.2 Å². The van der Waals surface area contributed by atoms with Crippen LogP contribution in [-0.2, 0) is 11.3 Å². The summed E-state index contributed by atoms with van der Waals surface area (Å²) < 4.78 is 1.06. The van der Waals surface area contributed by atoms with Crippen LogP contribution in [0.5, 0.6) is 0 Å². The molecular weight excluding hydrogens is 290 g/mol. The van der Waals surface area contributed by atoms with Crippen LogP contribution in [0.25, 0.3) is 0 Å². The van der Waals surface area contributed by atoms with Crippen molar-refractivity contribution in [2.75, 3.05) is 6.54 Å². The van der Waals surface area contributed by atoms with E-state index in [1.165, 1.54) is 6.20 Å². The summed E-state index contributed by atoms with van der Waals surface area (Å²) in [5.74, 6) is -0.0409. The van der Waals surface area contributed by atoms with Gasteiger partial charge in [0.2, 0.25) is 5.91 Å². The minimum absolute atomic E-state index is 0.216. The zero-order chi connectivity index (χ0) is 13.0. The summed E-state index contributed by atoms with van der Waals surface area (Å²) in [6.07, 6.45) is 1.26. The number of amides is 1. The van der Waals surface area contributed by atoms with E-state index in [0.717, 1.165) is 4.57 Å². The Morgan fingerprint density at radius 1 is 1.53 bits per heavy atom. The van der Waals surface area contributed by atoms with E-state index in [1.54, 1.807) is 0 Å². The molecule has 0 fully saturated rings. The van der Waals surface area contributed by atoms with Crippen LogP contribution in [0, 0.1) is 5.92 Å². The fraction of sp³-hybridized carbons (Fsp3) is 0.500. The number of aromatic amines is 1. The number of carbonyl (C=O) groups excluding carboxylic acids is 1. The molecule has 1 aromatic heterocycles. The maximum atomic E-state index is 11.6. The van der Waals surface area contributed by atoms with Crippen LogP contribution < -0.4 is 16.6 Å². The second-order valence-corrected chi connectivity index (χ2v) is 4.89. The minimum atomic E-state index is -0.599. The van der Waals surface area contributed by atoms with Gasteiger partial charge in [-0.15, -0.1) is 0 Å².